The van der Waals surface area contributed by atoms with Crippen molar-refractivity contribution >= 4 is 29.0 Å². The van der Waals surface area contributed by atoms with E-state index in [1.54, 1.807) is 41.3 Å². The molecule has 6 nitrogen and oxygen atoms in total. The Hall–Kier alpha value is -2.65. The number of carbonyl (C=O) groups is 1. The van der Waals surface area contributed by atoms with Crippen LogP contribution in [0.5, 0.6) is 5.75 Å². The van der Waals surface area contributed by atoms with Crippen molar-refractivity contribution in [2.75, 3.05) is 49.5 Å². The SMILES string of the molecule is O=C(Nc1ccc(Cl)cc1)N1CC(N2CCN(c3ccc(OC(F)(F)F)cc3)CC2)C1. The summed E-state index contributed by atoms with van der Waals surface area (Å²) < 4.78 is 40.8. The summed E-state index contributed by atoms with van der Waals surface area (Å²) in [5.74, 6) is -0.221. The Labute approximate surface area is 183 Å². The van der Waals surface area contributed by atoms with Crippen molar-refractivity contribution in [2.45, 2.75) is 12.4 Å². The summed E-state index contributed by atoms with van der Waals surface area (Å²) in [7, 11) is 0. The maximum absolute atomic E-state index is 12.3. The largest absolute Gasteiger partial charge is 0.573 e. The first kappa shape index (κ1) is 21.6. The van der Waals surface area contributed by atoms with E-state index in [9.17, 15) is 18.0 Å². The van der Waals surface area contributed by atoms with Crippen molar-refractivity contribution in [1.29, 1.82) is 0 Å². The van der Waals surface area contributed by atoms with Crippen molar-refractivity contribution in [2.24, 2.45) is 0 Å². The zero-order valence-corrected chi connectivity index (χ0v) is 17.4. The molecule has 0 aromatic heterocycles. The number of nitrogens with one attached hydrogen (secondary N) is 1. The number of alkyl halides is 3. The summed E-state index contributed by atoms with van der Waals surface area (Å²) in [6.45, 7) is 4.54. The van der Waals surface area contributed by atoms with Crippen LogP contribution in [0, 0.1) is 0 Å². The van der Waals surface area contributed by atoms with E-state index in [2.05, 4.69) is 19.9 Å². The molecule has 31 heavy (non-hydrogen) atoms. The van der Waals surface area contributed by atoms with Gasteiger partial charge in [-0.15, -0.1) is 13.2 Å². The maximum Gasteiger partial charge on any atom is 0.573 e. The number of hydrogen-bond donors (Lipinski definition) is 1. The summed E-state index contributed by atoms with van der Waals surface area (Å²) in [6.07, 6.45) is -4.69. The summed E-state index contributed by atoms with van der Waals surface area (Å²) in [5.41, 5.74) is 1.57. The highest BCUT2D eigenvalue weighted by molar-refractivity contribution is 6.30. The van der Waals surface area contributed by atoms with E-state index >= 15 is 0 Å². The van der Waals surface area contributed by atoms with Gasteiger partial charge >= 0.3 is 12.4 Å². The fraction of sp³-hybridized carbons (Fsp3) is 0.381. The van der Waals surface area contributed by atoms with E-state index < -0.39 is 6.36 Å². The molecule has 0 spiro atoms. The number of anilines is 2. The number of halogens is 4. The molecule has 2 fully saturated rings. The van der Waals surface area contributed by atoms with Gasteiger partial charge in [-0.2, -0.15) is 0 Å². The van der Waals surface area contributed by atoms with Crippen LogP contribution in [-0.4, -0.2) is 67.5 Å². The van der Waals surface area contributed by atoms with Gasteiger partial charge < -0.3 is 19.9 Å². The van der Waals surface area contributed by atoms with Crippen LogP contribution in [-0.2, 0) is 0 Å². The van der Waals surface area contributed by atoms with Crippen LogP contribution in [0.4, 0.5) is 29.3 Å². The van der Waals surface area contributed by atoms with Crippen molar-refractivity contribution < 1.29 is 22.7 Å². The van der Waals surface area contributed by atoms with Crippen LogP contribution < -0.4 is 15.0 Å². The molecule has 0 aliphatic carbocycles. The van der Waals surface area contributed by atoms with Gasteiger partial charge in [-0.05, 0) is 48.5 Å². The smallest absolute Gasteiger partial charge is 0.406 e. The topological polar surface area (TPSA) is 48.1 Å². The monoisotopic (exact) mass is 454 g/mol. The summed E-state index contributed by atoms with van der Waals surface area (Å²) in [5, 5.41) is 3.48. The standard InChI is InChI=1S/C21H22ClF3N4O2/c22-15-1-3-16(4-2-15)26-20(30)29-13-18(14-29)28-11-9-27(10-12-28)17-5-7-19(8-6-17)31-21(23,24)25/h1-8,18H,9-14H2,(H,26,30). The molecular weight excluding hydrogens is 433 g/mol. The Morgan fingerprint density at radius 2 is 1.58 bits per heavy atom. The minimum atomic E-state index is -4.69. The molecule has 10 heteroatoms. The molecule has 2 aromatic carbocycles. The lowest BCUT2D eigenvalue weighted by molar-refractivity contribution is -0.274. The zero-order valence-electron chi connectivity index (χ0n) is 16.6. The zero-order chi connectivity index (χ0) is 22.0. The van der Waals surface area contributed by atoms with E-state index in [1.807, 2.05) is 0 Å². The Kier molecular flexibility index (Phi) is 6.15. The van der Waals surface area contributed by atoms with Gasteiger partial charge in [0.05, 0.1) is 0 Å². The number of carbonyl (C=O) groups excluding carboxylic acids is 1. The first-order valence-corrected chi connectivity index (χ1v) is 10.3. The molecule has 0 radical (unpaired) electrons. The van der Waals surface area contributed by atoms with Gasteiger partial charge in [0, 0.05) is 61.7 Å². The van der Waals surface area contributed by atoms with E-state index in [1.165, 1.54) is 12.1 Å². The lowest BCUT2D eigenvalue weighted by Gasteiger charge is -2.48. The number of hydrogen-bond acceptors (Lipinski definition) is 4. The molecular formula is C21H22ClF3N4O2. The first-order chi connectivity index (χ1) is 14.8. The third-order valence-electron chi connectivity index (χ3n) is 5.51. The number of piperazine rings is 1. The predicted octanol–water partition coefficient (Wildman–Crippen LogP) is 4.28. The quantitative estimate of drug-likeness (QED) is 0.749. The second kappa shape index (κ2) is 8.84. The average Bonchev–Trinajstić information content (AvgIpc) is 2.69. The van der Waals surface area contributed by atoms with E-state index in [4.69, 9.17) is 11.6 Å². The van der Waals surface area contributed by atoms with Crippen LogP contribution in [0.25, 0.3) is 0 Å². The van der Waals surface area contributed by atoms with Crippen LogP contribution in [0.15, 0.2) is 48.5 Å². The first-order valence-electron chi connectivity index (χ1n) is 9.93. The summed E-state index contributed by atoms with van der Waals surface area (Å²) >= 11 is 5.86. The highest BCUT2D eigenvalue weighted by Crippen LogP contribution is 2.27. The molecule has 0 unspecified atom stereocenters. The van der Waals surface area contributed by atoms with Gasteiger partial charge in [0.2, 0.25) is 0 Å². The van der Waals surface area contributed by atoms with E-state index in [0.717, 1.165) is 31.9 Å². The molecule has 2 amide bonds. The van der Waals surface area contributed by atoms with Gasteiger partial charge in [0.1, 0.15) is 5.75 Å². The van der Waals surface area contributed by atoms with E-state index in [0.29, 0.717) is 29.8 Å². The minimum Gasteiger partial charge on any atom is -0.406 e. The number of rotatable bonds is 4. The van der Waals surface area contributed by atoms with Gasteiger partial charge in [-0.1, -0.05) is 11.6 Å². The Balaban J connectivity index is 1.21. The van der Waals surface area contributed by atoms with Gasteiger partial charge in [-0.25, -0.2) is 4.79 Å². The molecule has 4 rings (SSSR count). The third-order valence-corrected chi connectivity index (χ3v) is 5.76. The Morgan fingerprint density at radius 1 is 0.968 bits per heavy atom. The average molecular weight is 455 g/mol. The minimum absolute atomic E-state index is 0.127. The number of amides is 2. The molecule has 2 aliphatic heterocycles. The van der Waals surface area contributed by atoms with Crippen molar-refractivity contribution in [1.82, 2.24) is 9.80 Å². The lowest BCUT2D eigenvalue weighted by atomic mass is 10.1. The molecule has 166 valence electrons. The highest BCUT2D eigenvalue weighted by Gasteiger charge is 2.36. The van der Waals surface area contributed by atoms with Crippen LogP contribution in [0.3, 0.4) is 0 Å². The lowest BCUT2D eigenvalue weighted by Crippen LogP contribution is -2.64. The fourth-order valence-corrected chi connectivity index (χ4v) is 3.92. The molecule has 0 bridgehead atoms. The van der Waals surface area contributed by atoms with Gasteiger partial charge in [0.25, 0.3) is 0 Å². The predicted molar refractivity (Wildman–Crippen MR) is 113 cm³/mol. The van der Waals surface area contributed by atoms with Gasteiger partial charge in [0.15, 0.2) is 0 Å². The van der Waals surface area contributed by atoms with Crippen LogP contribution >= 0.6 is 11.6 Å². The molecule has 0 saturated carbocycles. The Bertz CT molecular complexity index is 894. The summed E-state index contributed by atoms with van der Waals surface area (Å²) in [4.78, 5) is 18.6. The number of likely N-dealkylation sites (tertiary alicyclic amines) is 1. The van der Waals surface area contributed by atoms with Gasteiger partial charge in [-0.3, -0.25) is 4.90 Å². The molecule has 2 heterocycles. The number of ether oxygens (including phenoxy) is 1. The summed E-state index contributed by atoms with van der Waals surface area (Å²) in [6, 6.07) is 13.1. The second-order valence-electron chi connectivity index (χ2n) is 7.56. The fourth-order valence-electron chi connectivity index (χ4n) is 3.79. The molecule has 1 N–H and O–H groups in total. The molecule has 2 aliphatic rings. The van der Waals surface area contributed by atoms with Crippen molar-refractivity contribution in [3.05, 3.63) is 53.6 Å². The number of benzene rings is 2. The third kappa shape index (κ3) is 5.54. The molecule has 2 aromatic rings. The van der Waals surface area contributed by atoms with Crippen molar-refractivity contribution in [3.63, 3.8) is 0 Å². The molecule has 2 saturated heterocycles. The van der Waals surface area contributed by atoms with E-state index in [-0.39, 0.29) is 11.8 Å². The highest BCUT2D eigenvalue weighted by atomic mass is 35.5. The second-order valence-corrected chi connectivity index (χ2v) is 8.00. The number of nitrogens with zero attached hydrogens (tertiary/aromatic N) is 3. The maximum atomic E-state index is 12.3. The van der Waals surface area contributed by atoms with Crippen LogP contribution in [0.1, 0.15) is 0 Å². The molecule has 0 atom stereocenters. The van der Waals surface area contributed by atoms with Crippen molar-refractivity contribution in [3.8, 4) is 5.75 Å². The number of urea groups is 1. The normalized spacial score (nSPS) is 17.9. The Morgan fingerprint density at radius 3 is 2.16 bits per heavy atom. The van der Waals surface area contributed by atoms with Crippen LogP contribution in [0.2, 0.25) is 5.02 Å².